The maximum Gasteiger partial charge on any atom is 0.391 e. The zero-order chi connectivity index (χ0) is 14.0. The topological polar surface area (TPSA) is 44.9 Å². The fraction of sp³-hybridized carbons (Fsp3) is 0.308. The lowest BCUT2D eigenvalue weighted by Gasteiger charge is -2.15. The van der Waals surface area contributed by atoms with Crippen LogP contribution in [0, 0.1) is 0 Å². The van der Waals surface area contributed by atoms with Gasteiger partial charge in [-0.25, -0.2) is 0 Å². The predicted octanol–water partition coefficient (Wildman–Crippen LogP) is 3.24. The highest BCUT2D eigenvalue weighted by atomic mass is 19.4. The molecule has 0 radical (unpaired) electrons. The van der Waals surface area contributed by atoms with Crippen LogP contribution < -0.4 is 5.32 Å². The molecule has 0 aliphatic heterocycles. The van der Waals surface area contributed by atoms with Crippen molar-refractivity contribution < 1.29 is 18.0 Å². The van der Waals surface area contributed by atoms with Crippen LogP contribution in [0.5, 0.6) is 0 Å². The summed E-state index contributed by atoms with van der Waals surface area (Å²) in [7, 11) is 0. The van der Waals surface area contributed by atoms with E-state index in [9.17, 15) is 18.0 Å². The Balaban J connectivity index is 2.07. The highest BCUT2D eigenvalue weighted by Crippen LogP contribution is 2.21. The van der Waals surface area contributed by atoms with E-state index >= 15 is 0 Å². The third-order valence-electron chi connectivity index (χ3n) is 2.69. The lowest BCUT2D eigenvalue weighted by Crippen LogP contribution is -2.36. The third-order valence-corrected chi connectivity index (χ3v) is 2.69. The number of nitrogens with one attached hydrogen (secondary N) is 2. The van der Waals surface area contributed by atoms with Gasteiger partial charge >= 0.3 is 6.18 Å². The van der Waals surface area contributed by atoms with E-state index < -0.39 is 24.5 Å². The molecule has 0 saturated heterocycles. The summed E-state index contributed by atoms with van der Waals surface area (Å²) in [6, 6.07) is 7.91. The molecule has 1 amide bonds. The average Bonchev–Trinajstić information content (AvgIpc) is 2.69. The largest absolute Gasteiger partial charge is 0.391 e. The molecule has 2 rings (SSSR count). The number of para-hydroxylation sites is 1. The van der Waals surface area contributed by atoms with Crippen molar-refractivity contribution in [2.24, 2.45) is 0 Å². The average molecular weight is 270 g/mol. The number of aromatic nitrogens is 1. The molecule has 2 N–H and O–H groups in total. The van der Waals surface area contributed by atoms with Gasteiger partial charge in [0.2, 0.25) is 0 Å². The predicted molar refractivity (Wildman–Crippen MR) is 65.9 cm³/mol. The molecule has 0 aliphatic carbocycles. The van der Waals surface area contributed by atoms with Crippen LogP contribution in [0.2, 0.25) is 0 Å². The Labute approximate surface area is 107 Å². The minimum atomic E-state index is -4.28. The van der Waals surface area contributed by atoms with Gasteiger partial charge in [-0.15, -0.1) is 0 Å². The summed E-state index contributed by atoms with van der Waals surface area (Å²) >= 11 is 0. The lowest BCUT2D eigenvalue weighted by molar-refractivity contribution is -0.138. The van der Waals surface area contributed by atoms with Gasteiger partial charge in [-0.05, 0) is 19.1 Å². The number of benzene rings is 1. The molecule has 1 unspecified atom stereocenters. The Bertz CT molecular complexity index is 556. The quantitative estimate of drug-likeness (QED) is 0.883. The van der Waals surface area contributed by atoms with E-state index in [0.717, 1.165) is 10.9 Å². The SMILES string of the molecule is CC(CC(F)(F)F)NC(=O)c1cc2ccccc2[nH]1. The molecule has 102 valence electrons. The van der Waals surface area contributed by atoms with Crippen LogP contribution in [0.15, 0.2) is 30.3 Å². The van der Waals surface area contributed by atoms with Gasteiger partial charge in [-0.1, -0.05) is 18.2 Å². The Morgan fingerprint density at radius 3 is 2.68 bits per heavy atom. The Morgan fingerprint density at radius 2 is 2.05 bits per heavy atom. The second-order valence-electron chi connectivity index (χ2n) is 4.46. The zero-order valence-electron chi connectivity index (χ0n) is 10.2. The van der Waals surface area contributed by atoms with Gasteiger partial charge in [-0.2, -0.15) is 13.2 Å². The highest BCUT2D eigenvalue weighted by molar-refractivity contribution is 5.98. The number of hydrogen-bond acceptors (Lipinski definition) is 1. The maximum atomic E-state index is 12.2. The number of halogens is 3. The number of carbonyl (C=O) groups excluding carboxylic acids is 1. The van der Waals surface area contributed by atoms with Crippen molar-refractivity contribution in [3.63, 3.8) is 0 Å². The number of aromatic amines is 1. The van der Waals surface area contributed by atoms with Crippen molar-refractivity contribution in [1.82, 2.24) is 10.3 Å². The Morgan fingerprint density at radius 1 is 1.37 bits per heavy atom. The van der Waals surface area contributed by atoms with E-state index in [2.05, 4.69) is 10.3 Å². The van der Waals surface area contributed by atoms with Crippen molar-refractivity contribution in [2.75, 3.05) is 0 Å². The molecule has 0 fully saturated rings. The fourth-order valence-electron chi connectivity index (χ4n) is 1.90. The van der Waals surface area contributed by atoms with E-state index in [1.54, 1.807) is 12.1 Å². The van der Waals surface area contributed by atoms with Gasteiger partial charge in [-0.3, -0.25) is 4.79 Å². The van der Waals surface area contributed by atoms with Crippen LogP contribution in [0.1, 0.15) is 23.8 Å². The molecule has 0 aliphatic rings. The summed E-state index contributed by atoms with van der Waals surface area (Å²) in [5.41, 5.74) is 1.03. The summed E-state index contributed by atoms with van der Waals surface area (Å²) < 4.78 is 36.5. The minimum absolute atomic E-state index is 0.259. The summed E-state index contributed by atoms with van der Waals surface area (Å²) in [5, 5.41) is 3.17. The highest BCUT2D eigenvalue weighted by Gasteiger charge is 2.30. The zero-order valence-corrected chi connectivity index (χ0v) is 10.2. The summed E-state index contributed by atoms with van der Waals surface area (Å²) in [5.74, 6) is -0.534. The second-order valence-corrected chi connectivity index (χ2v) is 4.46. The number of hydrogen-bond donors (Lipinski definition) is 2. The first-order valence-corrected chi connectivity index (χ1v) is 5.80. The molecular formula is C13H13F3N2O. The summed E-state index contributed by atoms with van der Waals surface area (Å²) in [4.78, 5) is 14.7. The van der Waals surface area contributed by atoms with E-state index in [1.165, 1.54) is 6.92 Å². The first-order chi connectivity index (χ1) is 8.85. The third kappa shape index (κ3) is 3.49. The molecule has 1 aromatic heterocycles. The van der Waals surface area contributed by atoms with Crippen LogP contribution in [-0.4, -0.2) is 23.1 Å². The van der Waals surface area contributed by atoms with Crippen LogP contribution in [0.25, 0.3) is 10.9 Å². The summed E-state index contributed by atoms with van der Waals surface area (Å²) in [6.45, 7) is 1.33. The number of rotatable bonds is 3. The van der Waals surface area contributed by atoms with Crippen molar-refractivity contribution in [3.8, 4) is 0 Å². The molecule has 1 heterocycles. The standard InChI is InChI=1S/C13H13F3N2O/c1-8(7-13(14,15)16)17-12(19)11-6-9-4-2-3-5-10(9)18-11/h2-6,8,18H,7H2,1H3,(H,17,19). The molecule has 1 aromatic carbocycles. The first kappa shape index (κ1) is 13.5. The Kier molecular flexibility index (Phi) is 3.50. The van der Waals surface area contributed by atoms with Gasteiger partial charge in [0.15, 0.2) is 0 Å². The van der Waals surface area contributed by atoms with Crippen LogP contribution in [-0.2, 0) is 0 Å². The minimum Gasteiger partial charge on any atom is -0.351 e. The van der Waals surface area contributed by atoms with Crippen LogP contribution in [0.3, 0.4) is 0 Å². The van der Waals surface area contributed by atoms with Gasteiger partial charge < -0.3 is 10.3 Å². The van der Waals surface area contributed by atoms with Crippen LogP contribution in [0.4, 0.5) is 13.2 Å². The van der Waals surface area contributed by atoms with E-state index in [-0.39, 0.29) is 5.69 Å². The lowest BCUT2D eigenvalue weighted by atomic mass is 10.2. The smallest absolute Gasteiger partial charge is 0.351 e. The van der Waals surface area contributed by atoms with E-state index in [0.29, 0.717) is 0 Å². The van der Waals surface area contributed by atoms with Gasteiger partial charge in [0.1, 0.15) is 5.69 Å². The molecule has 0 saturated carbocycles. The van der Waals surface area contributed by atoms with Gasteiger partial charge in [0.25, 0.3) is 5.91 Å². The van der Waals surface area contributed by atoms with E-state index in [4.69, 9.17) is 0 Å². The molecular weight excluding hydrogens is 257 g/mol. The molecule has 2 aromatic rings. The molecule has 0 bridgehead atoms. The van der Waals surface area contributed by atoms with Crippen LogP contribution >= 0.6 is 0 Å². The van der Waals surface area contributed by atoms with Gasteiger partial charge in [0.05, 0.1) is 6.42 Å². The van der Waals surface area contributed by atoms with Crippen molar-refractivity contribution in [1.29, 1.82) is 0 Å². The first-order valence-electron chi connectivity index (χ1n) is 5.80. The number of H-pyrrole nitrogens is 1. The maximum absolute atomic E-state index is 12.2. The fourth-order valence-corrected chi connectivity index (χ4v) is 1.90. The number of amides is 1. The summed E-state index contributed by atoms with van der Waals surface area (Å²) in [6.07, 6.45) is -5.33. The molecule has 3 nitrogen and oxygen atoms in total. The molecule has 1 atom stereocenters. The molecule has 0 spiro atoms. The second kappa shape index (κ2) is 4.95. The number of alkyl halides is 3. The number of carbonyl (C=O) groups is 1. The monoisotopic (exact) mass is 270 g/mol. The Hall–Kier alpha value is -1.98. The number of fused-ring (bicyclic) bond motifs is 1. The van der Waals surface area contributed by atoms with Crippen molar-refractivity contribution >= 4 is 16.8 Å². The van der Waals surface area contributed by atoms with Gasteiger partial charge in [0, 0.05) is 16.9 Å². The van der Waals surface area contributed by atoms with Crippen molar-refractivity contribution in [2.45, 2.75) is 25.6 Å². The molecule has 6 heteroatoms. The normalized spacial score (nSPS) is 13.5. The molecule has 19 heavy (non-hydrogen) atoms. The van der Waals surface area contributed by atoms with E-state index in [1.807, 2.05) is 18.2 Å². The van der Waals surface area contributed by atoms with Crippen molar-refractivity contribution in [3.05, 3.63) is 36.0 Å².